The zero-order valence-corrected chi connectivity index (χ0v) is 16.2. The zero-order chi connectivity index (χ0) is 18.4. The lowest BCUT2D eigenvalue weighted by molar-refractivity contribution is -0.113. The SMILES string of the molecule is CCCCn1c(SCC(=O)Nc2cc(Cl)ccc2C#N)nc(C)c1C. The molecule has 2 rings (SSSR count). The quantitative estimate of drug-likeness (QED) is 0.719. The van der Waals surface area contributed by atoms with Crippen LogP contribution in [0, 0.1) is 25.2 Å². The Labute approximate surface area is 157 Å². The minimum atomic E-state index is -0.191. The van der Waals surface area contributed by atoms with E-state index in [9.17, 15) is 4.79 Å². The summed E-state index contributed by atoms with van der Waals surface area (Å²) in [5.41, 5.74) is 2.94. The van der Waals surface area contributed by atoms with Gasteiger partial charge in [0, 0.05) is 17.3 Å². The Bertz CT molecular complexity index is 810. The third-order valence-corrected chi connectivity index (χ3v) is 5.08. The van der Waals surface area contributed by atoms with Crippen LogP contribution >= 0.6 is 23.4 Å². The number of carbonyl (C=O) groups is 1. The van der Waals surface area contributed by atoms with Crippen LogP contribution in [0.2, 0.25) is 5.02 Å². The predicted molar refractivity (Wildman–Crippen MR) is 102 cm³/mol. The zero-order valence-electron chi connectivity index (χ0n) is 14.6. The summed E-state index contributed by atoms with van der Waals surface area (Å²) in [5, 5.41) is 13.2. The van der Waals surface area contributed by atoms with Crippen LogP contribution < -0.4 is 5.32 Å². The molecule has 1 aromatic heterocycles. The van der Waals surface area contributed by atoms with Gasteiger partial charge >= 0.3 is 0 Å². The van der Waals surface area contributed by atoms with Gasteiger partial charge in [-0.05, 0) is 38.5 Å². The molecule has 7 heteroatoms. The van der Waals surface area contributed by atoms with Crippen LogP contribution in [0.15, 0.2) is 23.4 Å². The maximum Gasteiger partial charge on any atom is 0.234 e. The average molecular weight is 377 g/mol. The van der Waals surface area contributed by atoms with Crippen LogP contribution in [0.1, 0.15) is 36.7 Å². The van der Waals surface area contributed by atoms with E-state index in [1.807, 2.05) is 19.9 Å². The molecule has 0 saturated carbocycles. The van der Waals surface area contributed by atoms with Gasteiger partial charge in [0.25, 0.3) is 0 Å². The lowest BCUT2D eigenvalue weighted by Gasteiger charge is -2.10. The molecule has 0 radical (unpaired) electrons. The highest BCUT2D eigenvalue weighted by Gasteiger charge is 2.14. The van der Waals surface area contributed by atoms with Gasteiger partial charge in [-0.25, -0.2) is 4.98 Å². The second-order valence-electron chi connectivity index (χ2n) is 5.71. The average Bonchev–Trinajstić information content (AvgIpc) is 2.85. The first-order chi connectivity index (χ1) is 12.0. The molecule has 1 N–H and O–H groups in total. The van der Waals surface area contributed by atoms with Crippen molar-refractivity contribution in [3.05, 3.63) is 40.2 Å². The van der Waals surface area contributed by atoms with Crippen molar-refractivity contribution in [1.82, 2.24) is 9.55 Å². The van der Waals surface area contributed by atoms with Crippen molar-refractivity contribution in [2.24, 2.45) is 0 Å². The number of thioether (sulfide) groups is 1. The van der Waals surface area contributed by atoms with E-state index in [0.29, 0.717) is 16.3 Å². The molecule has 25 heavy (non-hydrogen) atoms. The normalized spacial score (nSPS) is 10.5. The van der Waals surface area contributed by atoms with Crippen LogP contribution in [0.5, 0.6) is 0 Å². The predicted octanol–water partition coefficient (Wildman–Crippen LogP) is 4.56. The molecule has 5 nitrogen and oxygen atoms in total. The number of hydrogen-bond donors (Lipinski definition) is 1. The number of rotatable bonds is 7. The van der Waals surface area contributed by atoms with Crippen molar-refractivity contribution in [2.45, 2.75) is 45.3 Å². The summed E-state index contributed by atoms with van der Waals surface area (Å²) < 4.78 is 2.16. The molecule has 0 fully saturated rings. The molecule has 1 amide bonds. The Morgan fingerprint density at radius 2 is 2.20 bits per heavy atom. The smallest absolute Gasteiger partial charge is 0.234 e. The highest BCUT2D eigenvalue weighted by atomic mass is 35.5. The Morgan fingerprint density at radius 3 is 2.88 bits per heavy atom. The highest BCUT2D eigenvalue weighted by Crippen LogP contribution is 2.24. The minimum absolute atomic E-state index is 0.191. The minimum Gasteiger partial charge on any atom is -0.324 e. The van der Waals surface area contributed by atoms with Crippen molar-refractivity contribution in [1.29, 1.82) is 5.26 Å². The molecule has 0 aliphatic carbocycles. The fourth-order valence-corrected chi connectivity index (χ4v) is 3.44. The van der Waals surface area contributed by atoms with Crippen LogP contribution in [-0.2, 0) is 11.3 Å². The number of anilines is 1. The maximum absolute atomic E-state index is 12.3. The van der Waals surface area contributed by atoms with Gasteiger partial charge in [0.2, 0.25) is 5.91 Å². The van der Waals surface area contributed by atoms with E-state index in [2.05, 4.69) is 21.8 Å². The number of unbranched alkanes of at least 4 members (excludes halogenated alkanes) is 1. The monoisotopic (exact) mass is 376 g/mol. The molecule has 0 spiro atoms. The Hall–Kier alpha value is -1.97. The lowest BCUT2D eigenvalue weighted by atomic mass is 10.2. The largest absolute Gasteiger partial charge is 0.324 e. The molecule has 132 valence electrons. The molecule has 0 saturated heterocycles. The number of aryl methyl sites for hydroxylation is 1. The van der Waals surface area contributed by atoms with E-state index in [1.165, 1.54) is 11.8 Å². The highest BCUT2D eigenvalue weighted by molar-refractivity contribution is 7.99. The van der Waals surface area contributed by atoms with Gasteiger partial charge in [-0.2, -0.15) is 5.26 Å². The van der Waals surface area contributed by atoms with E-state index in [4.69, 9.17) is 16.9 Å². The second kappa shape index (κ2) is 8.93. The number of aromatic nitrogens is 2. The molecule has 0 aliphatic heterocycles. The first-order valence-electron chi connectivity index (χ1n) is 8.12. The Balaban J connectivity index is 2.05. The van der Waals surface area contributed by atoms with Crippen molar-refractivity contribution in [2.75, 3.05) is 11.1 Å². The van der Waals surface area contributed by atoms with Gasteiger partial charge in [-0.3, -0.25) is 4.79 Å². The molecule has 1 aromatic carbocycles. The molecule has 0 atom stereocenters. The fraction of sp³-hybridized carbons (Fsp3) is 0.389. The number of nitrogens with zero attached hydrogens (tertiary/aromatic N) is 3. The van der Waals surface area contributed by atoms with Gasteiger partial charge in [-0.1, -0.05) is 36.7 Å². The topological polar surface area (TPSA) is 70.7 Å². The number of hydrogen-bond acceptors (Lipinski definition) is 4. The Morgan fingerprint density at radius 1 is 1.44 bits per heavy atom. The number of benzene rings is 1. The molecule has 0 bridgehead atoms. The molecular formula is C18H21ClN4OS. The van der Waals surface area contributed by atoms with Gasteiger partial charge in [0.1, 0.15) is 6.07 Å². The molecule has 0 aliphatic rings. The lowest BCUT2D eigenvalue weighted by Crippen LogP contribution is -2.15. The summed E-state index contributed by atoms with van der Waals surface area (Å²) in [6, 6.07) is 6.85. The maximum atomic E-state index is 12.3. The van der Waals surface area contributed by atoms with Crippen LogP contribution in [-0.4, -0.2) is 21.2 Å². The number of halogens is 1. The molecule has 0 unspecified atom stereocenters. The van der Waals surface area contributed by atoms with Crippen molar-refractivity contribution in [3.63, 3.8) is 0 Å². The number of nitrogens with one attached hydrogen (secondary N) is 1. The van der Waals surface area contributed by atoms with Crippen molar-refractivity contribution < 1.29 is 4.79 Å². The van der Waals surface area contributed by atoms with E-state index >= 15 is 0 Å². The first-order valence-corrected chi connectivity index (χ1v) is 9.48. The van der Waals surface area contributed by atoms with Gasteiger partial charge < -0.3 is 9.88 Å². The number of imidazole rings is 1. The Kier molecular flexibility index (Phi) is 6.91. The number of amides is 1. The third-order valence-electron chi connectivity index (χ3n) is 3.87. The summed E-state index contributed by atoms with van der Waals surface area (Å²) in [6.07, 6.45) is 2.18. The van der Waals surface area contributed by atoms with Crippen LogP contribution in [0.25, 0.3) is 0 Å². The van der Waals surface area contributed by atoms with Crippen LogP contribution in [0.3, 0.4) is 0 Å². The van der Waals surface area contributed by atoms with E-state index < -0.39 is 0 Å². The summed E-state index contributed by atoms with van der Waals surface area (Å²) in [6.45, 7) is 7.08. The standard InChI is InChI=1S/C18H21ClN4OS/c1-4-5-8-23-13(3)12(2)21-18(23)25-11-17(24)22-16-9-15(19)7-6-14(16)10-20/h6-7,9H,4-5,8,11H2,1-3H3,(H,22,24). The van der Waals surface area contributed by atoms with Crippen molar-refractivity contribution >= 4 is 35.0 Å². The molecular weight excluding hydrogens is 356 g/mol. The second-order valence-corrected chi connectivity index (χ2v) is 7.09. The van der Waals surface area contributed by atoms with Gasteiger partial charge in [0.15, 0.2) is 5.16 Å². The summed E-state index contributed by atoms with van der Waals surface area (Å²) >= 11 is 7.34. The summed E-state index contributed by atoms with van der Waals surface area (Å²) in [4.78, 5) is 16.8. The van der Waals surface area contributed by atoms with Crippen molar-refractivity contribution in [3.8, 4) is 6.07 Å². The van der Waals surface area contributed by atoms with Gasteiger partial charge in [-0.15, -0.1) is 0 Å². The summed E-state index contributed by atoms with van der Waals surface area (Å²) in [7, 11) is 0. The van der Waals surface area contributed by atoms with E-state index in [1.54, 1.807) is 18.2 Å². The molecule has 2 aromatic rings. The number of nitriles is 1. The number of carbonyl (C=O) groups excluding carboxylic acids is 1. The summed E-state index contributed by atoms with van der Waals surface area (Å²) in [5.74, 6) is 0.0310. The van der Waals surface area contributed by atoms with Gasteiger partial charge in [0.05, 0.1) is 22.7 Å². The first kappa shape index (κ1) is 19.4. The van der Waals surface area contributed by atoms with E-state index in [-0.39, 0.29) is 11.7 Å². The van der Waals surface area contributed by atoms with E-state index in [0.717, 1.165) is 35.9 Å². The molecule has 1 heterocycles. The fourth-order valence-electron chi connectivity index (χ4n) is 2.35. The van der Waals surface area contributed by atoms with Crippen LogP contribution in [0.4, 0.5) is 5.69 Å². The third kappa shape index (κ3) is 5.00.